The van der Waals surface area contributed by atoms with Gasteiger partial charge in [0.1, 0.15) is 18.1 Å². The second kappa shape index (κ2) is 8.83. The van der Waals surface area contributed by atoms with Crippen LogP contribution in [-0.4, -0.2) is 9.38 Å². The van der Waals surface area contributed by atoms with E-state index in [0.29, 0.717) is 6.61 Å². The molecule has 3 aromatic carbocycles. The molecule has 5 rings (SSSR count). The molecule has 2 heterocycles. The second-order valence-electron chi connectivity index (χ2n) is 8.36. The van der Waals surface area contributed by atoms with Crippen LogP contribution in [-0.2, 0) is 6.61 Å². The Hall–Kier alpha value is -4.05. The topological polar surface area (TPSA) is 38.6 Å². The van der Waals surface area contributed by atoms with E-state index in [1.807, 2.05) is 36.5 Å². The van der Waals surface area contributed by atoms with Gasteiger partial charge in [0, 0.05) is 17.4 Å². The van der Waals surface area contributed by atoms with E-state index in [-0.39, 0.29) is 0 Å². The molecule has 0 aliphatic carbocycles. The first-order valence-corrected chi connectivity index (χ1v) is 11.2. The van der Waals surface area contributed by atoms with Gasteiger partial charge in [0.15, 0.2) is 11.4 Å². The molecule has 0 saturated carbocycles. The lowest BCUT2D eigenvalue weighted by Gasteiger charge is -2.15. The summed E-state index contributed by atoms with van der Waals surface area (Å²) in [4.78, 5) is 5.09. The van der Waals surface area contributed by atoms with Gasteiger partial charge in [-0.25, -0.2) is 4.98 Å². The van der Waals surface area contributed by atoms with Gasteiger partial charge in [-0.1, -0.05) is 72.8 Å². The Morgan fingerprint density at radius 3 is 2.21 bits per heavy atom. The van der Waals surface area contributed by atoms with E-state index in [2.05, 4.69) is 85.1 Å². The molecule has 0 atom stereocenters. The van der Waals surface area contributed by atoms with Crippen molar-refractivity contribution in [1.29, 1.82) is 0 Å². The fourth-order valence-electron chi connectivity index (χ4n) is 4.17. The molecule has 0 aliphatic rings. The SMILES string of the molecule is Cc1ccccc1-c1nc2c(OCc3ccccc3)cccn2c1Nc1c(C)cccc1C. The lowest BCUT2D eigenvalue weighted by Crippen LogP contribution is -2.02. The molecule has 4 heteroatoms. The first-order valence-electron chi connectivity index (χ1n) is 11.2. The molecule has 2 aromatic heterocycles. The third kappa shape index (κ3) is 4.08. The van der Waals surface area contributed by atoms with Crippen LogP contribution in [0.3, 0.4) is 0 Å². The number of aryl methyl sites for hydroxylation is 3. The number of hydrogen-bond donors (Lipinski definition) is 1. The van der Waals surface area contributed by atoms with E-state index < -0.39 is 0 Å². The summed E-state index contributed by atoms with van der Waals surface area (Å²) >= 11 is 0. The number of hydrogen-bond acceptors (Lipinski definition) is 3. The summed E-state index contributed by atoms with van der Waals surface area (Å²) in [5.74, 6) is 1.69. The molecule has 0 spiro atoms. The number of aromatic nitrogens is 2. The van der Waals surface area contributed by atoms with Gasteiger partial charge in [-0.15, -0.1) is 0 Å². The Morgan fingerprint density at radius 2 is 1.45 bits per heavy atom. The van der Waals surface area contributed by atoms with Crippen molar-refractivity contribution in [3.8, 4) is 17.0 Å². The number of imidazole rings is 1. The molecule has 1 N–H and O–H groups in total. The molecule has 0 amide bonds. The minimum atomic E-state index is 0.493. The summed E-state index contributed by atoms with van der Waals surface area (Å²) in [5, 5.41) is 3.70. The second-order valence-corrected chi connectivity index (χ2v) is 8.36. The van der Waals surface area contributed by atoms with Gasteiger partial charge >= 0.3 is 0 Å². The fraction of sp³-hybridized carbons (Fsp3) is 0.138. The van der Waals surface area contributed by atoms with Gasteiger partial charge in [-0.2, -0.15) is 0 Å². The summed E-state index contributed by atoms with van der Waals surface area (Å²) in [7, 11) is 0. The molecule has 4 nitrogen and oxygen atoms in total. The summed E-state index contributed by atoms with van der Waals surface area (Å²) < 4.78 is 8.32. The zero-order chi connectivity index (χ0) is 22.8. The van der Waals surface area contributed by atoms with E-state index in [1.54, 1.807) is 0 Å². The summed E-state index contributed by atoms with van der Waals surface area (Å²) in [6, 6.07) is 28.9. The van der Waals surface area contributed by atoms with Crippen molar-refractivity contribution in [2.24, 2.45) is 0 Å². The largest absolute Gasteiger partial charge is 0.485 e. The summed E-state index contributed by atoms with van der Waals surface area (Å²) in [6.07, 6.45) is 2.04. The van der Waals surface area contributed by atoms with Gasteiger partial charge in [0.25, 0.3) is 0 Å². The molecule has 5 aromatic rings. The number of nitrogens with zero attached hydrogens (tertiary/aromatic N) is 2. The smallest absolute Gasteiger partial charge is 0.181 e. The van der Waals surface area contributed by atoms with Crippen LogP contribution in [0.4, 0.5) is 11.5 Å². The lowest BCUT2D eigenvalue weighted by molar-refractivity contribution is 0.308. The molecule has 0 unspecified atom stereocenters. The van der Waals surface area contributed by atoms with Crippen molar-refractivity contribution in [3.05, 3.63) is 113 Å². The number of anilines is 2. The van der Waals surface area contributed by atoms with Gasteiger partial charge in [0.05, 0.1) is 0 Å². The molecule has 0 radical (unpaired) electrons. The third-order valence-electron chi connectivity index (χ3n) is 5.98. The molecule has 164 valence electrons. The predicted molar refractivity (Wildman–Crippen MR) is 135 cm³/mol. The molecule has 0 saturated heterocycles. The number of ether oxygens (including phenoxy) is 1. The predicted octanol–water partition coefficient (Wildman–Crippen LogP) is 7.25. The fourth-order valence-corrected chi connectivity index (χ4v) is 4.17. The van der Waals surface area contributed by atoms with Crippen molar-refractivity contribution in [1.82, 2.24) is 9.38 Å². The maximum Gasteiger partial charge on any atom is 0.181 e. The molecule has 0 bridgehead atoms. The van der Waals surface area contributed by atoms with Crippen molar-refractivity contribution in [2.45, 2.75) is 27.4 Å². The standard InChI is InChI=1S/C29H27N3O/c1-20-11-7-8-16-24(20)27-29(30-26-21(2)12-9-13-22(26)3)32-18-10-17-25(28(32)31-27)33-19-23-14-5-4-6-15-23/h4-18,30H,19H2,1-3H3. The Bertz CT molecular complexity index is 1400. The number of pyridine rings is 1. The highest BCUT2D eigenvalue weighted by molar-refractivity contribution is 5.83. The molecular formula is C29H27N3O. The minimum Gasteiger partial charge on any atom is -0.485 e. The Labute approximate surface area is 194 Å². The van der Waals surface area contributed by atoms with E-state index >= 15 is 0 Å². The first-order chi connectivity index (χ1) is 16.1. The molecule has 0 fully saturated rings. The Morgan fingerprint density at radius 1 is 0.758 bits per heavy atom. The van der Waals surface area contributed by atoms with Crippen LogP contribution in [0.1, 0.15) is 22.3 Å². The quantitative estimate of drug-likeness (QED) is 0.306. The van der Waals surface area contributed by atoms with Crippen LogP contribution in [0.25, 0.3) is 16.9 Å². The van der Waals surface area contributed by atoms with Crippen molar-refractivity contribution >= 4 is 17.2 Å². The maximum absolute atomic E-state index is 6.23. The molecular weight excluding hydrogens is 406 g/mol. The van der Waals surface area contributed by atoms with E-state index in [9.17, 15) is 0 Å². The monoisotopic (exact) mass is 433 g/mol. The minimum absolute atomic E-state index is 0.493. The maximum atomic E-state index is 6.23. The number of rotatable bonds is 6. The van der Waals surface area contributed by atoms with E-state index in [0.717, 1.165) is 39.7 Å². The van der Waals surface area contributed by atoms with Gasteiger partial charge in [-0.3, -0.25) is 4.40 Å². The number of nitrogens with one attached hydrogen (secondary N) is 1. The van der Waals surface area contributed by atoms with Crippen LogP contribution in [0, 0.1) is 20.8 Å². The third-order valence-corrected chi connectivity index (χ3v) is 5.98. The highest BCUT2D eigenvalue weighted by atomic mass is 16.5. The summed E-state index contributed by atoms with van der Waals surface area (Å²) in [5.41, 5.74) is 8.59. The molecule has 33 heavy (non-hydrogen) atoms. The van der Waals surface area contributed by atoms with Crippen LogP contribution < -0.4 is 10.1 Å². The number of benzene rings is 3. The highest BCUT2D eigenvalue weighted by Gasteiger charge is 2.19. The van der Waals surface area contributed by atoms with Crippen LogP contribution in [0.15, 0.2) is 91.1 Å². The number of fused-ring (bicyclic) bond motifs is 1. The Balaban J connectivity index is 1.65. The normalized spacial score (nSPS) is 11.0. The van der Waals surface area contributed by atoms with Gasteiger partial charge in [0.2, 0.25) is 0 Å². The van der Waals surface area contributed by atoms with Crippen LogP contribution >= 0.6 is 0 Å². The average molecular weight is 434 g/mol. The van der Waals surface area contributed by atoms with Gasteiger partial charge < -0.3 is 10.1 Å². The van der Waals surface area contributed by atoms with Crippen molar-refractivity contribution in [2.75, 3.05) is 5.32 Å². The molecule has 0 aliphatic heterocycles. The van der Waals surface area contributed by atoms with Crippen LogP contribution in [0.5, 0.6) is 5.75 Å². The lowest BCUT2D eigenvalue weighted by atomic mass is 10.1. The highest BCUT2D eigenvalue weighted by Crippen LogP contribution is 2.36. The average Bonchev–Trinajstić information content (AvgIpc) is 3.20. The first kappa shape index (κ1) is 20.8. The summed E-state index contributed by atoms with van der Waals surface area (Å²) in [6.45, 7) is 6.86. The zero-order valence-corrected chi connectivity index (χ0v) is 19.2. The van der Waals surface area contributed by atoms with Crippen molar-refractivity contribution < 1.29 is 4.74 Å². The van der Waals surface area contributed by atoms with Crippen molar-refractivity contribution in [3.63, 3.8) is 0 Å². The number of para-hydroxylation sites is 1. The van der Waals surface area contributed by atoms with Crippen LogP contribution in [0.2, 0.25) is 0 Å². The van der Waals surface area contributed by atoms with E-state index in [1.165, 1.54) is 16.7 Å². The Kier molecular flexibility index (Phi) is 5.57. The van der Waals surface area contributed by atoms with E-state index in [4.69, 9.17) is 9.72 Å². The zero-order valence-electron chi connectivity index (χ0n) is 19.2. The van der Waals surface area contributed by atoms with Gasteiger partial charge in [-0.05, 0) is 55.2 Å².